The smallest absolute Gasteiger partial charge is 0.360 e. The van der Waals surface area contributed by atoms with E-state index in [0.717, 1.165) is 54.6 Å². The number of carbonyl (C=O) groups is 2. The van der Waals surface area contributed by atoms with E-state index in [1.54, 1.807) is 6.07 Å². The second-order valence-electron chi connectivity index (χ2n) is 6.74. The van der Waals surface area contributed by atoms with E-state index in [0.29, 0.717) is 5.58 Å². The lowest BCUT2D eigenvalue weighted by atomic mass is 9.90. The fourth-order valence-corrected chi connectivity index (χ4v) is 4.23. The van der Waals surface area contributed by atoms with Gasteiger partial charge < -0.3 is 9.32 Å². The molecule has 5 rings (SSSR count). The lowest BCUT2D eigenvalue weighted by molar-refractivity contribution is -0.120. The molecule has 126 valence electrons. The maximum Gasteiger partial charge on any atom is 0.360 e. The van der Waals surface area contributed by atoms with Crippen LogP contribution >= 0.6 is 0 Å². The maximum atomic E-state index is 12.5. The molecule has 4 heterocycles. The lowest BCUT2D eigenvalue weighted by Crippen LogP contribution is -2.35. The Bertz CT molecular complexity index is 1010. The molecule has 1 aromatic heterocycles. The van der Waals surface area contributed by atoms with Gasteiger partial charge in [0.05, 0.1) is 0 Å². The zero-order chi connectivity index (χ0) is 17.1. The highest BCUT2D eigenvalue weighted by molar-refractivity contribution is 6.28. The van der Waals surface area contributed by atoms with Gasteiger partial charge in [-0.05, 0) is 43.4 Å². The molecule has 2 amide bonds. The highest BCUT2D eigenvalue weighted by Crippen LogP contribution is 2.40. The number of hydrogen-bond donors (Lipinski definition) is 0. The zero-order valence-electron chi connectivity index (χ0n) is 13.6. The van der Waals surface area contributed by atoms with E-state index in [1.807, 2.05) is 6.07 Å². The second-order valence-corrected chi connectivity index (χ2v) is 6.74. The van der Waals surface area contributed by atoms with Gasteiger partial charge in [-0.3, -0.25) is 9.59 Å². The molecule has 0 saturated carbocycles. The average molecular weight is 336 g/mol. The molecule has 0 atom stereocenters. The Morgan fingerprint density at radius 2 is 1.64 bits per heavy atom. The fraction of sp³-hybridized carbons (Fsp3) is 0.316. The van der Waals surface area contributed by atoms with Gasteiger partial charge in [0.2, 0.25) is 0 Å². The van der Waals surface area contributed by atoms with Crippen LogP contribution in [0.25, 0.3) is 11.0 Å². The number of benzene rings is 1. The van der Waals surface area contributed by atoms with Gasteiger partial charge in [0, 0.05) is 41.9 Å². The SMILES string of the molecule is O=C1C=CC(=O)N1c1cc2cc3c4c(c2oc1=O)CCCN4CCC3. The molecular formula is C19H16N2O4. The van der Waals surface area contributed by atoms with E-state index in [1.165, 1.54) is 23.4 Å². The Labute approximate surface area is 143 Å². The van der Waals surface area contributed by atoms with Crippen molar-refractivity contribution >= 4 is 34.2 Å². The van der Waals surface area contributed by atoms with Gasteiger partial charge in [-0.25, -0.2) is 9.69 Å². The second kappa shape index (κ2) is 5.05. The van der Waals surface area contributed by atoms with Gasteiger partial charge in [0.25, 0.3) is 11.8 Å². The summed E-state index contributed by atoms with van der Waals surface area (Å²) >= 11 is 0. The summed E-state index contributed by atoms with van der Waals surface area (Å²) in [5.74, 6) is -1.02. The van der Waals surface area contributed by atoms with Crippen LogP contribution in [-0.4, -0.2) is 24.9 Å². The summed E-state index contributed by atoms with van der Waals surface area (Å²) in [4.78, 5) is 39.6. The van der Waals surface area contributed by atoms with Crippen LogP contribution in [0.4, 0.5) is 11.4 Å². The van der Waals surface area contributed by atoms with Gasteiger partial charge in [-0.15, -0.1) is 0 Å². The molecule has 0 radical (unpaired) electrons. The predicted molar refractivity (Wildman–Crippen MR) is 93.0 cm³/mol. The van der Waals surface area contributed by atoms with E-state index in [2.05, 4.69) is 4.90 Å². The van der Waals surface area contributed by atoms with Crippen LogP contribution in [0.15, 0.2) is 33.5 Å². The number of fused-ring (bicyclic) bond motifs is 2. The van der Waals surface area contributed by atoms with Crippen LogP contribution in [0.1, 0.15) is 24.0 Å². The summed E-state index contributed by atoms with van der Waals surface area (Å²) in [7, 11) is 0. The van der Waals surface area contributed by atoms with Crippen molar-refractivity contribution in [3.63, 3.8) is 0 Å². The van der Waals surface area contributed by atoms with Crippen molar-refractivity contribution in [2.45, 2.75) is 25.7 Å². The van der Waals surface area contributed by atoms with Gasteiger partial charge in [-0.2, -0.15) is 0 Å². The first-order valence-electron chi connectivity index (χ1n) is 8.57. The summed E-state index contributed by atoms with van der Waals surface area (Å²) in [5.41, 5.74) is 3.48. The number of anilines is 2. The fourth-order valence-electron chi connectivity index (χ4n) is 4.23. The van der Waals surface area contributed by atoms with Gasteiger partial charge in [0.15, 0.2) is 0 Å². The van der Waals surface area contributed by atoms with E-state index in [-0.39, 0.29) is 5.69 Å². The summed E-state index contributed by atoms with van der Waals surface area (Å²) in [6.07, 6.45) is 6.34. The minimum atomic E-state index is -0.651. The zero-order valence-corrected chi connectivity index (χ0v) is 13.6. The lowest BCUT2D eigenvalue weighted by Gasteiger charge is -2.37. The number of hydrogen-bond acceptors (Lipinski definition) is 5. The monoisotopic (exact) mass is 336 g/mol. The molecule has 3 aliphatic heterocycles. The molecule has 0 unspecified atom stereocenters. The molecular weight excluding hydrogens is 320 g/mol. The van der Waals surface area contributed by atoms with E-state index >= 15 is 0 Å². The number of rotatable bonds is 1. The van der Waals surface area contributed by atoms with Crippen molar-refractivity contribution in [3.8, 4) is 0 Å². The third kappa shape index (κ3) is 2.00. The van der Waals surface area contributed by atoms with Crippen LogP contribution < -0.4 is 15.4 Å². The van der Waals surface area contributed by atoms with Crippen molar-refractivity contribution in [3.05, 3.63) is 45.8 Å². The van der Waals surface area contributed by atoms with Crippen LogP contribution in [-0.2, 0) is 22.4 Å². The van der Waals surface area contributed by atoms with Crippen molar-refractivity contribution in [2.24, 2.45) is 0 Å². The third-order valence-corrected chi connectivity index (χ3v) is 5.25. The molecule has 2 aromatic rings. The first-order valence-corrected chi connectivity index (χ1v) is 8.57. The van der Waals surface area contributed by atoms with Crippen LogP contribution in [0.5, 0.6) is 0 Å². The molecule has 0 aliphatic carbocycles. The number of imide groups is 1. The minimum absolute atomic E-state index is 0.0110. The molecule has 0 fully saturated rings. The Morgan fingerprint density at radius 1 is 0.920 bits per heavy atom. The molecule has 1 aromatic carbocycles. The highest BCUT2D eigenvalue weighted by atomic mass is 16.4. The summed E-state index contributed by atoms with van der Waals surface area (Å²) in [5, 5.41) is 0.777. The van der Waals surface area contributed by atoms with Crippen LogP contribution in [0.2, 0.25) is 0 Å². The minimum Gasteiger partial charge on any atom is -0.421 e. The first-order chi connectivity index (χ1) is 12.1. The van der Waals surface area contributed by atoms with Crippen molar-refractivity contribution in [1.29, 1.82) is 0 Å². The first kappa shape index (κ1) is 14.5. The van der Waals surface area contributed by atoms with Crippen molar-refractivity contribution in [1.82, 2.24) is 0 Å². The van der Waals surface area contributed by atoms with Crippen LogP contribution in [0, 0.1) is 0 Å². The number of aryl methyl sites for hydroxylation is 2. The summed E-state index contributed by atoms with van der Waals surface area (Å²) in [6, 6.07) is 3.66. The molecule has 25 heavy (non-hydrogen) atoms. The maximum absolute atomic E-state index is 12.5. The van der Waals surface area contributed by atoms with Gasteiger partial charge in [-0.1, -0.05) is 0 Å². The Kier molecular flexibility index (Phi) is 2.92. The molecule has 3 aliphatic rings. The Hall–Kier alpha value is -2.89. The average Bonchev–Trinajstić information content (AvgIpc) is 2.94. The summed E-state index contributed by atoms with van der Waals surface area (Å²) in [6.45, 7) is 2.08. The quantitative estimate of drug-likeness (QED) is 0.588. The standard InChI is InChI=1S/C19H16N2O4/c22-15-5-6-16(23)21(15)14-10-12-9-11-3-1-7-20-8-2-4-13(17(11)20)18(12)25-19(14)24/h5-6,9-10H,1-4,7-8H2. The molecule has 0 bridgehead atoms. The van der Waals surface area contributed by atoms with E-state index in [4.69, 9.17) is 4.42 Å². The molecule has 0 N–H and O–H groups in total. The largest absolute Gasteiger partial charge is 0.421 e. The third-order valence-electron chi connectivity index (χ3n) is 5.25. The van der Waals surface area contributed by atoms with Crippen molar-refractivity contribution in [2.75, 3.05) is 22.9 Å². The number of carbonyl (C=O) groups excluding carboxylic acids is 2. The molecule has 6 nitrogen and oxygen atoms in total. The number of amides is 2. The highest BCUT2D eigenvalue weighted by Gasteiger charge is 2.31. The van der Waals surface area contributed by atoms with E-state index in [9.17, 15) is 14.4 Å². The normalized spacial score (nSPS) is 19.0. The topological polar surface area (TPSA) is 70.8 Å². The molecule has 0 spiro atoms. The van der Waals surface area contributed by atoms with Crippen molar-refractivity contribution < 1.29 is 14.0 Å². The molecule has 6 heteroatoms. The van der Waals surface area contributed by atoms with Crippen LogP contribution in [0.3, 0.4) is 0 Å². The van der Waals surface area contributed by atoms with Gasteiger partial charge in [0.1, 0.15) is 11.3 Å². The van der Waals surface area contributed by atoms with E-state index < -0.39 is 17.4 Å². The Balaban J connectivity index is 1.76. The number of nitrogens with zero attached hydrogens (tertiary/aromatic N) is 2. The predicted octanol–water partition coefficient (Wildman–Crippen LogP) is 1.92. The Morgan fingerprint density at radius 3 is 2.40 bits per heavy atom. The molecule has 0 saturated heterocycles. The van der Waals surface area contributed by atoms with Gasteiger partial charge >= 0.3 is 5.63 Å². The summed E-state index contributed by atoms with van der Waals surface area (Å²) < 4.78 is 5.62.